The van der Waals surface area contributed by atoms with Crippen LogP contribution in [0.25, 0.3) is 0 Å². The average Bonchev–Trinajstić information content (AvgIpc) is 2.60. The molecule has 0 saturated heterocycles. The summed E-state index contributed by atoms with van der Waals surface area (Å²) in [4.78, 5) is 0. The fourth-order valence-electron chi connectivity index (χ4n) is 1.97. The molecular weight excluding hydrogens is 148 g/mol. The lowest BCUT2D eigenvalue weighted by Gasteiger charge is -2.17. The quantitative estimate of drug-likeness (QED) is 0.619. The first kappa shape index (κ1) is 7.90. The molecule has 0 aliphatic heterocycles. The molecule has 12 heavy (non-hydrogen) atoms. The van der Waals surface area contributed by atoms with Gasteiger partial charge in [-0.2, -0.15) is 0 Å². The number of furan rings is 1. The SMILES string of the molecule is CC(C)(C)C1CC1c1ccco1. The first-order valence-corrected chi connectivity index (χ1v) is 4.62. The lowest BCUT2D eigenvalue weighted by Crippen LogP contribution is -2.08. The summed E-state index contributed by atoms with van der Waals surface area (Å²) in [6.45, 7) is 6.92. The molecule has 1 aromatic heterocycles. The first-order valence-electron chi connectivity index (χ1n) is 4.62. The molecule has 1 aliphatic carbocycles. The second-order valence-corrected chi connectivity index (χ2v) is 4.83. The van der Waals surface area contributed by atoms with Gasteiger partial charge in [0, 0.05) is 5.92 Å². The summed E-state index contributed by atoms with van der Waals surface area (Å²) in [5, 5.41) is 0. The molecule has 0 bridgehead atoms. The van der Waals surface area contributed by atoms with E-state index in [1.807, 2.05) is 6.07 Å². The van der Waals surface area contributed by atoms with Crippen LogP contribution < -0.4 is 0 Å². The van der Waals surface area contributed by atoms with Crippen LogP contribution in [0.15, 0.2) is 22.8 Å². The fraction of sp³-hybridized carbons (Fsp3) is 0.636. The third-order valence-electron chi connectivity index (χ3n) is 2.81. The van der Waals surface area contributed by atoms with Crippen molar-refractivity contribution in [2.45, 2.75) is 33.1 Å². The molecular formula is C11H16O. The molecule has 1 heterocycles. The van der Waals surface area contributed by atoms with E-state index in [0.717, 1.165) is 5.92 Å². The van der Waals surface area contributed by atoms with E-state index in [0.29, 0.717) is 11.3 Å². The van der Waals surface area contributed by atoms with E-state index in [1.54, 1.807) is 6.26 Å². The molecule has 2 atom stereocenters. The van der Waals surface area contributed by atoms with Gasteiger partial charge >= 0.3 is 0 Å². The lowest BCUT2D eigenvalue weighted by atomic mass is 9.88. The third kappa shape index (κ3) is 1.28. The van der Waals surface area contributed by atoms with E-state index in [9.17, 15) is 0 Å². The van der Waals surface area contributed by atoms with Crippen molar-refractivity contribution in [3.63, 3.8) is 0 Å². The summed E-state index contributed by atoms with van der Waals surface area (Å²) < 4.78 is 5.38. The molecule has 1 nitrogen and oxygen atoms in total. The Bertz CT molecular complexity index is 253. The molecule has 66 valence electrons. The van der Waals surface area contributed by atoms with Crippen LogP contribution in [0.2, 0.25) is 0 Å². The van der Waals surface area contributed by atoms with Gasteiger partial charge in [0.15, 0.2) is 0 Å². The van der Waals surface area contributed by atoms with Crippen molar-refractivity contribution in [2.75, 3.05) is 0 Å². The van der Waals surface area contributed by atoms with E-state index in [-0.39, 0.29) is 0 Å². The highest BCUT2D eigenvalue weighted by molar-refractivity contribution is 5.17. The van der Waals surface area contributed by atoms with Crippen LogP contribution in [0, 0.1) is 11.3 Å². The van der Waals surface area contributed by atoms with Gasteiger partial charge in [-0.15, -0.1) is 0 Å². The minimum atomic E-state index is 0.442. The van der Waals surface area contributed by atoms with E-state index in [1.165, 1.54) is 12.2 Å². The van der Waals surface area contributed by atoms with E-state index in [2.05, 4.69) is 26.8 Å². The predicted molar refractivity (Wildman–Crippen MR) is 49.0 cm³/mol. The zero-order valence-electron chi connectivity index (χ0n) is 8.00. The molecule has 1 aromatic rings. The van der Waals surface area contributed by atoms with Crippen molar-refractivity contribution < 1.29 is 4.42 Å². The van der Waals surface area contributed by atoms with Crippen molar-refractivity contribution in [2.24, 2.45) is 11.3 Å². The summed E-state index contributed by atoms with van der Waals surface area (Å²) in [6, 6.07) is 4.07. The van der Waals surface area contributed by atoms with Gasteiger partial charge in [-0.25, -0.2) is 0 Å². The maximum Gasteiger partial charge on any atom is 0.107 e. The predicted octanol–water partition coefficient (Wildman–Crippen LogP) is 3.43. The van der Waals surface area contributed by atoms with Gasteiger partial charge in [0.2, 0.25) is 0 Å². The van der Waals surface area contributed by atoms with Crippen LogP contribution in [0.3, 0.4) is 0 Å². The second-order valence-electron chi connectivity index (χ2n) is 4.83. The lowest BCUT2D eigenvalue weighted by molar-refractivity contribution is 0.335. The smallest absolute Gasteiger partial charge is 0.107 e. The maximum atomic E-state index is 5.38. The van der Waals surface area contributed by atoms with E-state index >= 15 is 0 Å². The third-order valence-corrected chi connectivity index (χ3v) is 2.81. The minimum absolute atomic E-state index is 0.442. The molecule has 0 N–H and O–H groups in total. The fourth-order valence-corrected chi connectivity index (χ4v) is 1.97. The zero-order chi connectivity index (χ0) is 8.77. The highest BCUT2D eigenvalue weighted by Gasteiger charge is 2.47. The Morgan fingerprint density at radius 3 is 2.58 bits per heavy atom. The second kappa shape index (κ2) is 2.38. The molecule has 1 saturated carbocycles. The van der Waals surface area contributed by atoms with Crippen molar-refractivity contribution in [3.8, 4) is 0 Å². The Hall–Kier alpha value is -0.720. The van der Waals surface area contributed by atoms with Crippen LogP contribution >= 0.6 is 0 Å². The van der Waals surface area contributed by atoms with Gasteiger partial charge in [0.25, 0.3) is 0 Å². The molecule has 2 unspecified atom stereocenters. The normalized spacial score (nSPS) is 28.9. The summed E-state index contributed by atoms with van der Waals surface area (Å²) >= 11 is 0. The Kier molecular flexibility index (Phi) is 1.57. The maximum absolute atomic E-state index is 5.38. The van der Waals surface area contributed by atoms with Gasteiger partial charge in [0.05, 0.1) is 6.26 Å². The van der Waals surface area contributed by atoms with Crippen LogP contribution in [-0.4, -0.2) is 0 Å². The molecule has 1 fully saturated rings. The number of rotatable bonds is 1. The topological polar surface area (TPSA) is 13.1 Å². The Labute approximate surface area is 73.8 Å². The summed E-state index contributed by atoms with van der Waals surface area (Å²) in [5.74, 6) is 2.69. The molecule has 1 heteroatoms. The van der Waals surface area contributed by atoms with Crippen molar-refractivity contribution in [1.82, 2.24) is 0 Å². The first-order chi connectivity index (χ1) is 5.59. The van der Waals surface area contributed by atoms with Crippen molar-refractivity contribution in [3.05, 3.63) is 24.2 Å². The molecule has 0 aromatic carbocycles. The van der Waals surface area contributed by atoms with Gasteiger partial charge in [0.1, 0.15) is 5.76 Å². The zero-order valence-corrected chi connectivity index (χ0v) is 8.00. The van der Waals surface area contributed by atoms with Gasteiger partial charge in [-0.1, -0.05) is 20.8 Å². The highest BCUT2D eigenvalue weighted by atomic mass is 16.3. The molecule has 1 aliphatic rings. The van der Waals surface area contributed by atoms with Crippen LogP contribution in [0.5, 0.6) is 0 Å². The minimum Gasteiger partial charge on any atom is -0.469 e. The van der Waals surface area contributed by atoms with E-state index < -0.39 is 0 Å². The molecule has 0 amide bonds. The summed E-state index contributed by atoms with van der Waals surface area (Å²) in [5.41, 5.74) is 0.442. The van der Waals surface area contributed by atoms with Gasteiger partial charge in [-0.05, 0) is 29.9 Å². The van der Waals surface area contributed by atoms with Crippen LogP contribution in [0.1, 0.15) is 38.9 Å². The standard InChI is InChI=1S/C11H16O/c1-11(2,3)9-7-8(9)10-5-4-6-12-10/h4-6,8-9H,7H2,1-3H3. The van der Waals surface area contributed by atoms with E-state index in [4.69, 9.17) is 4.42 Å². The number of hydrogen-bond acceptors (Lipinski definition) is 1. The monoisotopic (exact) mass is 164 g/mol. The van der Waals surface area contributed by atoms with Crippen molar-refractivity contribution >= 4 is 0 Å². The van der Waals surface area contributed by atoms with Crippen LogP contribution in [0.4, 0.5) is 0 Å². The molecule has 0 spiro atoms. The average molecular weight is 164 g/mol. The van der Waals surface area contributed by atoms with Gasteiger partial charge < -0.3 is 4.42 Å². The van der Waals surface area contributed by atoms with Gasteiger partial charge in [-0.3, -0.25) is 0 Å². The molecule has 2 rings (SSSR count). The summed E-state index contributed by atoms with van der Waals surface area (Å²) in [7, 11) is 0. The number of hydrogen-bond donors (Lipinski definition) is 0. The highest BCUT2D eigenvalue weighted by Crippen LogP contribution is 2.56. The largest absolute Gasteiger partial charge is 0.469 e. The van der Waals surface area contributed by atoms with Crippen molar-refractivity contribution in [1.29, 1.82) is 0 Å². The molecule has 0 radical (unpaired) electrons. The van der Waals surface area contributed by atoms with Crippen LogP contribution in [-0.2, 0) is 0 Å². The Morgan fingerprint density at radius 2 is 2.17 bits per heavy atom. The Balaban J connectivity index is 2.06. The summed E-state index contributed by atoms with van der Waals surface area (Å²) in [6.07, 6.45) is 3.07. The Morgan fingerprint density at radius 1 is 1.42 bits per heavy atom.